The number of amides is 1. The average Bonchev–Trinajstić information content (AvgIpc) is 2.75. The van der Waals surface area contributed by atoms with Crippen molar-refractivity contribution in [3.8, 4) is 5.75 Å². The number of nitrogens with zero attached hydrogens (tertiary/aromatic N) is 1. The first-order valence-electron chi connectivity index (χ1n) is 10.0. The molecule has 1 atom stereocenters. The van der Waals surface area contributed by atoms with Crippen molar-refractivity contribution < 1.29 is 40.7 Å². The second-order valence-electron chi connectivity index (χ2n) is 7.51. The minimum atomic E-state index is -5.11. The lowest BCUT2D eigenvalue weighted by molar-refractivity contribution is -0.201. The van der Waals surface area contributed by atoms with E-state index in [-0.39, 0.29) is 24.5 Å². The first-order valence-corrected chi connectivity index (χ1v) is 10.0. The number of alkyl halides is 6. The van der Waals surface area contributed by atoms with Crippen LogP contribution >= 0.6 is 0 Å². The predicted molar refractivity (Wildman–Crippen MR) is 111 cm³/mol. The smallest absolute Gasteiger partial charge is 0.416 e. The highest BCUT2D eigenvalue weighted by Gasteiger charge is 2.58. The van der Waals surface area contributed by atoms with E-state index in [0.29, 0.717) is 11.6 Å². The van der Waals surface area contributed by atoms with E-state index in [9.17, 15) is 35.9 Å². The van der Waals surface area contributed by atoms with Crippen molar-refractivity contribution in [2.75, 3.05) is 6.61 Å². The summed E-state index contributed by atoms with van der Waals surface area (Å²) in [7, 11) is 0. The highest BCUT2D eigenvalue weighted by atomic mass is 19.4. The molecule has 2 aromatic rings. The van der Waals surface area contributed by atoms with E-state index >= 15 is 0 Å². The molecule has 0 aliphatic carbocycles. The molecule has 1 aromatic carbocycles. The molecule has 0 aliphatic rings. The van der Waals surface area contributed by atoms with Crippen LogP contribution in [0.15, 0.2) is 55.3 Å². The van der Waals surface area contributed by atoms with Gasteiger partial charge in [0.1, 0.15) is 11.4 Å². The molecule has 11 heteroatoms. The molecule has 0 fully saturated rings. The van der Waals surface area contributed by atoms with Gasteiger partial charge in [0.2, 0.25) is 5.91 Å². The summed E-state index contributed by atoms with van der Waals surface area (Å²) in [5.74, 6) is -2.09. The lowest BCUT2D eigenvalue weighted by Crippen LogP contribution is -2.57. The Bertz CT molecular complexity index is 1000. The summed E-state index contributed by atoms with van der Waals surface area (Å²) in [6.07, 6.45) is -10.1. The fourth-order valence-electron chi connectivity index (χ4n) is 3.08. The van der Waals surface area contributed by atoms with Gasteiger partial charge in [0.15, 0.2) is 11.3 Å². The van der Waals surface area contributed by atoms with Gasteiger partial charge in [0, 0.05) is 19.0 Å². The zero-order valence-electron chi connectivity index (χ0n) is 18.1. The third-order valence-electron chi connectivity index (χ3n) is 4.85. The Balaban J connectivity index is 2.36. The van der Waals surface area contributed by atoms with E-state index in [0.717, 1.165) is 24.3 Å². The number of ether oxygens (including phenoxy) is 1. The second-order valence-corrected chi connectivity index (χ2v) is 7.51. The molecule has 0 aliphatic heterocycles. The van der Waals surface area contributed by atoms with Crippen molar-refractivity contribution in [3.05, 3.63) is 72.1 Å². The number of aromatic nitrogens is 1. The first-order chi connectivity index (χ1) is 15.8. The van der Waals surface area contributed by atoms with Gasteiger partial charge in [0.05, 0.1) is 6.61 Å². The summed E-state index contributed by atoms with van der Waals surface area (Å²) in [6, 6.07) is 7.03. The topological polar surface area (TPSA) is 68.3 Å². The zero-order chi connectivity index (χ0) is 25.6. The molecule has 1 N–H and O–H groups in total. The monoisotopic (exact) mass is 488 g/mol. The van der Waals surface area contributed by atoms with Crippen LogP contribution in [0.1, 0.15) is 40.9 Å². The number of benzene rings is 1. The summed E-state index contributed by atoms with van der Waals surface area (Å²) in [4.78, 5) is 28.5. The number of rotatable bonds is 10. The summed E-state index contributed by atoms with van der Waals surface area (Å²) in [5.41, 5.74) is -3.10. The van der Waals surface area contributed by atoms with Crippen LogP contribution in [0.25, 0.3) is 0 Å². The van der Waals surface area contributed by atoms with Gasteiger partial charge in [-0.05, 0) is 48.7 Å². The molecule has 34 heavy (non-hydrogen) atoms. The molecule has 1 aromatic heterocycles. The molecule has 0 saturated heterocycles. The number of halogens is 6. The molecular weight excluding hydrogens is 466 g/mol. The minimum absolute atomic E-state index is 0.0311. The molecule has 2 rings (SSSR count). The number of carbonyl (C=O) groups is 2. The van der Waals surface area contributed by atoms with Crippen molar-refractivity contribution in [1.82, 2.24) is 10.3 Å². The van der Waals surface area contributed by atoms with Gasteiger partial charge in [-0.25, -0.2) is 0 Å². The van der Waals surface area contributed by atoms with Crippen LogP contribution in [-0.2, 0) is 10.3 Å². The summed E-state index contributed by atoms with van der Waals surface area (Å²) >= 11 is 0. The van der Waals surface area contributed by atoms with Gasteiger partial charge in [-0.15, -0.1) is 0 Å². The Labute approximate surface area is 191 Å². The highest BCUT2D eigenvalue weighted by Crippen LogP contribution is 2.43. The van der Waals surface area contributed by atoms with E-state index in [4.69, 9.17) is 4.74 Å². The van der Waals surface area contributed by atoms with Gasteiger partial charge < -0.3 is 10.1 Å². The second kappa shape index (κ2) is 10.7. The van der Waals surface area contributed by atoms with Crippen LogP contribution in [-0.4, -0.2) is 35.6 Å². The highest BCUT2D eigenvalue weighted by molar-refractivity contribution is 5.96. The van der Waals surface area contributed by atoms with Crippen molar-refractivity contribution >= 4 is 11.7 Å². The molecule has 1 unspecified atom stereocenters. The number of hydrogen-bond donors (Lipinski definition) is 1. The SMILES string of the molecule is C=CC(=O)NC(CC(=O)c1ccc(C)cn1)(c1ccc(OCCCC(F)(F)F)cc1)C(F)(F)F. The Morgan fingerprint density at radius 1 is 1.06 bits per heavy atom. The quantitative estimate of drug-likeness (QED) is 0.209. The average molecular weight is 488 g/mol. The normalized spacial score (nSPS) is 13.6. The molecule has 0 bridgehead atoms. The predicted octanol–water partition coefficient (Wildman–Crippen LogP) is 5.44. The molecular formula is C23H22F6N2O3. The van der Waals surface area contributed by atoms with Gasteiger partial charge in [-0.3, -0.25) is 14.6 Å². The van der Waals surface area contributed by atoms with E-state index in [1.165, 1.54) is 18.3 Å². The lowest BCUT2D eigenvalue weighted by Gasteiger charge is -2.36. The molecule has 0 spiro atoms. The Morgan fingerprint density at radius 2 is 1.71 bits per heavy atom. The van der Waals surface area contributed by atoms with Crippen LogP contribution in [0.3, 0.4) is 0 Å². The van der Waals surface area contributed by atoms with E-state index in [2.05, 4.69) is 11.6 Å². The minimum Gasteiger partial charge on any atom is -0.494 e. The van der Waals surface area contributed by atoms with Gasteiger partial charge in [-0.2, -0.15) is 26.3 Å². The molecule has 184 valence electrons. The molecule has 1 amide bonds. The molecule has 0 radical (unpaired) electrons. The number of pyridine rings is 1. The zero-order valence-corrected chi connectivity index (χ0v) is 18.1. The fraction of sp³-hybridized carbons (Fsp3) is 0.348. The summed E-state index contributed by atoms with van der Waals surface area (Å²) < 4.78 is 85.0. The van der Waals surface area contributed by atoms with Crippen molar-refractivity contribution in [2.24, 2.45) is 0 Å². The number of Topliss-reactive ketones (excluding diaryl/α,β-unsaturated/α-hetero) is 1. The molecule has 1 heterocycles. The Hall–Kier alpha value is -3.37. The van der Waals surface area contributed by atoms with Gasteiger partial charge in [-0.1, -0.05) is 24.8 Å². The van der Waals surface area contributed by atoms with Crippen molar-refractivity contribution in [2.45, 2.75) is 44.1 Å². The van der Waals surface area contributed by atoms with Crippen LogP contribution in [0, 0.1) is 6.92 Å². The first kappa shape index (κ1) is 26.9. The summed E-state index contributed by atoms with van der Waals surface area (Å²) in [6.45, 7) is 4.56. The van der Waals surface area contributed by atoms with Crippen LogP contribution < -0.4 is 10.1 Å². The van der Waals surface area contributed by atoms with Gasteiger partial charge in [0.25, 0.3) is 0 Å². The molecule has 0 saturated carbocycles. The third kappa shape index (κ3) is 7.06. The lowest BCUT2D eigenvalue weighted by atomic mass is 9.83. The van der Waals surface area contributed by atoms with Crippen molar-refractivity contribution in [1.29, 1.82) is 0 Å². The van der Waals surface area contributed by atoms with Crippen molar-refractivity contribution in [3.63, 3.8) is 0 Å². The Morgan fingerprint density at radius 3 is 2.21 bits per heavy atom. The number of ketones is 1. The van der Waals surface area contributed by atoms with E-state index < -0.39 is 48.0 Å². The Kier molecular flexibility index (Phi) is 8.46. The molecule has 5 nitrogen and oxygen atoms in total. The maximum Gasteiger partial charge on any atom is 0.416 e. The number of nitrogens with one attached hydrogen (secondary N) is 1. The largest absolute Gasteiger partial charge is 0.494 e. The van der Waals surface area contributed by atoms with E-state index in [1.807, 2.05) is 5.32 Å². The maximum atomic E-state index is 14.4. The van der Waals surface area contributed by atoms with Crippen LogP contribution in [0.2, 0.25) is 0 Å². The van der Waals surface area contributed by atoms with Crippen LogP contribution in [0.4, 0.5) is 26.3 Å². The number of hydrogen-bond acceptors (Lipinski definition) is 4. The summed E-state index contributed by atoms with van der Waals surface area (Å²) in [5, 5.41) is 1.84. The van der Waals surface area contributed by atoms with Gasteiger partial charge >= 0.3 is 12.4 Å². The van der Waals surface area contributed by atoms with Crippen LogP contribution in [0.5, 0.6) is 5.75 Å². The maximum absolute atomic E-state index is 14.4. The third-order valence-corrected chi connectivity index (χ3v) is 4.85. The van der Waals surface area contributed by atoms with E-state index in [1.54, 1.807) is 6.92 Å². The number of aryl methyl sites for hydroxylation is 1. The fourth-order valence-corrected chi connectivity index (χ4v) is 3.08. The standard InChI is InChI=1S/C23H22F6N2O3/c1-3-20(33)31-21(23(27,28)29,13-19(32)18-10-5-15(2)14-30-18)16-6-8-17(9-7-16)34-12-4-11-22(24,25)26/h3,5-10,14H,1,4,11-13H2,2H3,(H,31,33). The number of carbonyl (C=O) groups excluding carboxylic acids is 2.